The molecule has 3 amide bonds. The standard InChI is InChI=1S/C16H19N3O4/c1-18-12-9-19(7-8-23-2)15(21)13(12)14(17-16(18)22)10-3-5-11(20)6-4-10/h3-6,14,20H,7-9H2,1-2H3,(H,17,22). The van der Waals surface area contributed by atoms with Gasteiger partial charge in [0.05, 0.1) is 30.5 Å². The van der Waals surface area contributed by atoms with Gasteiger partial charge < -0.3 is 20.1 Å². The molecule has 0 aliphatic carbocycles. The van der Waals surface area contributed by atoms with E-state index in [0.717, 1.165) is 5.56 Å². The van der Waals surface area contributed by atoms with Crippen LogP contribution < -0.4 is 5.32 Å². The quantitative estimate of drug-likeness (QED) is 0.862. The Kier molecular flexibility index (Phi) is 3.96. The largest absolute Gasteiger partial charge is 0.508 e. The van der Waals surface area contributed by atoms with Crippen molar-refractivity contribution in [1.29, 1.82) is 0 Å². The van der Waals surface area contributed by atoms with Gasteiger partial charge >= 0.3 is 6.03 Å². The lowest BCUT2D eigenvalue weighted by atomic mass is 9.96. The van der Waals surface area contributed by atoms with E-state index in [9.17, 15) is 14.7 Å². The molecule has 23 heavy (non-hydrogen) atoms. The van der Waals surface area contributed by atoms with E-state index in [1.54, 1.807) is 43.3 Å². The Bertz CT molecular complexity index is 668. The molecule has 0 saturated heterocycles. The number of aromatic hydroxyl groups is 1. The van der Waals surface area contributed by atoms with Crippen LogP contribution in [-0.4, -0.2) is 60.7 Å². The summed E-state index contributed by atoms with van der Waals surface area (Å²) in [6, 6.07) is 5.75. The van der Waals surface area contributed by atoms with E-state index < -0.39 is 6.04 Å². The van der Waals surface area contributed by atoms with Crippen LogP contribution in [-0.2, 0) is 9.53 Å². The molecule has 7 heteroatoms. The fourth-order valence-corrected chi connectivity index (χ4v) is 2.92. The van der Waals surface area contributed by atoms with Gasteiger partial charge in [-0.2, -0.15) is 0 Å². The maximum Gasteiger partial charge on any atom is 0.322 e. The van der Waals surface area contributed by atoms with Crippen LogP contribution in [0.1, 0.15) is 11.6 Å². The van der Waals surface area contributed by atoms with Crippen molar-refractivity contribution in [2.24, 2.45) is 0 Å². The highest BCUT2D eigenvalue weighted by Crippen LogP contribution is 2.35. The van der Waals surface area contributed by atoms with Crippen LogP contribution in [0.5, 0.6) is 5.75 Å². The Hall–Kier alpha value is -2.54. The van der Waals surface area contributed by atoms with Gasteiger partial charge in [-0.3, -0.25) is 9.69 Å². The number of likely N-dealkylation sites (N-methyl/N-ethyl adjacent to an activating group) is 1. The summed E-state index contributed by atoms with van der Waals surface area (Å²) in [5.74, 6) is 0.0450. The van der Waals surface area contributed by atoms with Crippen molar-refractivity contribution in [3.63, 3.8) is 0 Å². The Morgan fingerprint density at radius 1 is 1.30 bits per heavy atom. The molecule has 0 fully saturated rings. The number of carbonyl (C=O) groups is 2. The van der Waals surface area contributed by atoms with Gasteiger partial charge in [0, 0.05) is 20.7 Å². The first-order valence-corrected chi connectivity index (χ1v) is 7.37. The topological polar surface area (TPSA) is 82.1 Å². The van der Waals surface area contributed by atoms with E-state index in [-0.39, 0.29) is 17.7 Å². The fraction of sp³-hybridized carbons (Fsp3) is 0.375. The second kappa shape index (κ2) is 5.92. The number of ether oxygens (including phenoxy) is 1. The number of amides is 3. The molecule has 1 atom stereocenters. The highest BCUT2D eigenvalue weighted by Gasteiger charge is 2.42. The Balaban J connectivity index is 1.96. The summed E-state index contributed by atoms with van der Waals surface area (Å²) in [5.41, 5.74) is 2.06. The van der Waals surface area contributed by atoms with E-state index in [1.165, 1.54) is 4.90 Å². The van der Waals surface area contributed by atoms with Crippen LogP contribution >= 0.6 is 0 Å². The third-order valence-electron chi connectivity index (χ3n) is 4.23. The molecule has 1 unspecified atom stereocenters. The number of phenolic OH excluding ortho intramolecular Hbond substituents is 1. The van der Waals surface area contributed by atoms with Crippen molar-refractivity contribution in [1.82, 2.24) is 15.1 Å². The van der Waals surface area contributed by atoms with Crippen LogP contribution in [0.4, 0.5) is 4.79 Å². The molecule has 3 rings (SSSR count). The van der Waals surface area contributed by atoms with Crippen molar-refractivity contribution in [2.45, 2.75) is 6.04 Å². The summed E-state index contributed by atoms with van der Waals surface area (Å²) in [7, 11) is 3.25. The van der Waals surface area contributed by atoms with Crippen molar-refractivity contribution < 1.29 is 19.4 Å². The molecular weight excluding hydrogens is 298 g/mol. The average Bonchev–Trinajstić information content (AvgIpc) is 2.87. The lowest BCUT2D eigenvalue weighted by Gasteiger charge is -2.31. The molecule has 2 aliphatic heterocycles. The molecule has 0 spiro atoms. The number of phenols is 1. The first kappa shape index (κ1) is 15.4. The van der Waals surface area contributed by atoms with Crippen LogP contribution in [0.3, 0.4) is 0 Å². The Morgan fingerprint density at radius 3 is 2.65 bits per heavy atom. The monoisotopic (exact) mass is 317 g/mol. The number of nitrogens with one attached hydrogen (secondary N) is 1. The summed E-state index contributed by atoms with van der Waals surface area (Å²) < 4.78 is 5.04. The summed E-state index contributed by atoms with van der Waals surface area (Å²) in [6.07, 6.45) is 0. The second-order valence-corrected chi connectivity index (χ2v) is 5.61. The number of methoxy groups -OCH3 is 1. The SMILES string of the molecule is COCCN1CC2=C(C1=O)C(c1ccc(O)cc1)NC(=O)N2C. The van der Waals surface area contributed by atoms with Crippen molar-refractivity contribution in [2.75, 3.05) is 33.9 Å². The summed E-state index contributed by atoms with van der Waals surface area (Å²) >= 11 is 0. The molecule has 7 nitrogen and oxygen atoms in total. The molecular formula is C16H19N3O4. The third kappa shape index (κ3) is 2.63. The van der Waals surface area contributed by atoms with Crippen molar-refractivity contribution >= 4 is 11.9 Å². The van der Waals surface area contributed by atoms with Crippen LogP contribution in [0, 0.1) is 0 Å². The zero-order valence-electron chi connectivity index (χ0n) is 13.1. The van der Waals surface area contributed by atoms with E-state index in [0.29, 0.717) is 31.0 Å². The summed E-state index contributed by atoms with van der Waals surface area (Å²) in [5, 5.41) is 12.3. The van der Waals surface area contributed by atoms with Gasteiger partial charge in [-0.25, -0.2) is 4.79 Å². The average molecular weight is 317 g/mol. The molecule has 2 aliphatic rings. The molecule has 1 aromatic rings. The van der Waals surface area contributed by atoms with E-state index >= 15 is 0 Å². The number of hydrogen-bond donors (Lipinski definition) is 2. The van der Waals surface area contributed by atoms with E-state index in [4.69, 9.17) is 4.74 Å². The minimum absolute atomic E-state index is 0.0954. The number of nitrogens with zero attached hydrogens (tertiary/aromatic N) is 2. The van der Waals surface area contributed by atoms with Gasteiger partial charge in [-0.15, -0.1) is 0 Å². The molecule has 0 saturated carbocycles. The molecule has 0 bridgehead atoms. The predicted molar refractivity (Wildman–Crippen MR) is 82.6 cm³/mol. The van der Waals surface area contributed by atoms with Gasteiger partial charge in [0.25, 0.3) is 5.91 Å². The molecule has 0 aromatic heterocycles. The van der Waals surface area contributed by atoms with Gasteiger partial charge in [0.2, 0.25) is 0 Å². The minimum atomic E-state index is -0.505. The molecule has 2 heterocycles. The number of carbonyl (C=O) groups excluding carboxylic acids is 2. The molecule has 0 radical (unpaired) electrons. The molecule has 122 valence electrons. The highest BCUT2D eigenvalue weighted by molar-refractivity contribution is 6.01. The van der Waals surface area contributed by atoms with Crippen LogP contribution in [0.15, 0.2) is 35.5 Å². The Morgan fingerprint density at radius 2 is 2.00 bits per heavy atom. The van der Waals surface area contributed by atoms with Gasteiger partial charge in [-0.1, -0.05) is 12.1 Å². The van der Waals surface area contributed by atoms with Gasteiger partial charge in [0.1, 0.15) is 5.75 Å². The van der Waals surface area contributed by atoms with Crippen LogP contribution in [0.2, 0.25) is 0 Å². The first-order chi connectivity index (χ1) is 11.0. The Labute approximate surface area is 134 Å². The molecule has 1 aromatic carbocycles. The summed E-state index contributed by atoms with van der Waals surface area (Å²) in [4.78, 5) is 28.1. The zero-order valence-corrected chi connectivity index (χ0v) is 13.1. The summed E-state index contributed by atoms with van der Waals surface area (Å²) in [6.45, 7) is 1.32. The van der Waals surface area contributed by atoms with E-state index in [1.807, 2.05) is 0 Å². The first-order valence-electron chi connectivity index (χ1n) is 7.37. The zero-order chi connectivity index (χ0) is 16.6. The molecule has 2 N–H and O–H groups in total. The van der Waals surface area contributed by atoms with E-state index in [2.05, 4.69) is 5.32 Å². The second-order valence-electron chi connectivity index (χ2n) is 5.61. The van der Waals surface area contributed by atoms with Crippen molar-refractivity contribution in [3.05, 3.63) is 41.1 Å². The van der Waals surface area contributed by atoms with Crippen LogP contribution in [0.25, 0.3) is 0 Å². The fourth-order valence-electron chi connectivity index (χ4n) is 2.92. The lowest BCUT2D eigenvalue weighted by Crippen LogP contribution is -2.45. The number of rotatable bonds is 4. The highest BCUT2D eigenvalue weighted by atomic mass is 16.5. The van der Waals surface area contributed by atoms with Gasteiger partial charge in [-0.05, 0) is 17.7 Å². The smallest absolute Gasteiger partial charge is 0.322 e. The van der Waals surface area contributed by atoms with Crippen molar-refractivity contribution in [3.8, 4) is 5.75 Å². The number of hydrogen-bond acceptors (Lipinski definition) is 4. The number of urea groups is 1. The lowest BCUT2D eigenvalue weighted by molar-refractivity contribution is -0.126. The van der Waals surface area contributed by atoms with Gasteiger partial charge in [0.15, 0.2) is 0 Å². The normalized spacial score (nSPS) is 20.9. The predicted octanol–water partition coefficient (Wildman–Crippen LogP) is 0.831. The maximum absolute atomic E-state index is 12.7. The third-order valence-corrected chi connectivity index (χ3v) is 4.23. The number of benzene rings is 1. The maximum atomic E-state index is 12.7. The minimum Gasteiger partial charge on any atom is -0.508 e.